The second-order valence-corrected chi connectivity index (χ2v) is 38.5. The second-order valence-electron chi connectivity index (χ2n) is 38.5. The third-order valence-corrected chi connectivity index (χ3v) is 27.9. The van der Waals surface area contributed by atoms with Gasteiger partial charge < -0.3 is 32.3 Å². The average Bonchev–Trinajstić information content (AvgIpc) is 1.63. The number of hydrogen-bond donors (Lipinski definition) is 1. The first-order valence-electron chi connectivity index (χ1n) is 49.1. The standard InChI is InChI=1S/3C22H19N7O.C21H17N7O.C21H20N6O2/c1-27-11-19(23-12-27)14-5-8-17-15(9-14)10-28(22(17)30)20-4-2-3-18(25-20)21-26-24-13-29(21)16-6-7-16;1-27-10-9-18(26-27)14-5-8-17-15(11-14)12-28(22(17)30)20-4-2-3-19(24-20)21-25-23-13-29(21)16-6-7-16;1-27-19(9-10-24-27)14-5-8-17-15(11-14)12-28(22(17)30)20-4-2-3-18(25-20)21-26-23-13-29(21)16-6-7-16;29-21-16-7-4-13(17-8-9-22-25-17)10-14(16)11-27(21)19-3-1-2-18(24-19)20-26-23-12-28(20)15-5-6-15;1-25(2)20(28)13-6-9-16-14(10-13)11-26(21(16)29)18-5-3-4-17(23-18)19-24-22-12-27(19)15-7-8-15/h2-5,8-9,11-13,16H,6-7,10H2,1H3;2*2-5,8-11,13,16H,6-7,12H2,1H3;1-4,7-10,12,15H,5-6,11H2,(H,22,25);3-6,9-10,12,15H,7-8,11H2,1-2H3. The summed E-state index contributed by atoms with van der Waals surface area (Å²) in [5.74, 6) is 6.44. The summed E-state index contributed by atoms with van der Waals surface area (Å²) in [6.45, 7) is 2.34. The van der Waals surface area contributed by atoms with Crippen LogP contribution in [0.3, 0.4) is 0 Å². The molecule has 0 radical (unpaired) electrons. The maximum atomic E-state index is 13.1. The van der Waals surface area contributed by atoms with Crippen LogP contribution >= 0.6 is 0 Å². The van der Waals surface area contributed by atoms with E-state index in [0.717, 1.165) is 189 Å². The van der Waals surface area contributed by atoms with E-state index in [2.05, 4.69) is 101 Å². The van der Waals surface area contributed by atoms with Gasteiger partial charge in [0, 0.05) is 140 Å². The number of imidazole rings is 1. The largest absolute Gasteiger partial charge is 0.345 e. The molecule has 5 aromatic carbocycles. The van der Waals surface area contributed by atoms with Crippen LogP contribution in [0.25, 0.3) is 103 Å². The van der Waals surface area contributed by atoms with Crippen molar-refractivity contribution in [3.8, 4) is 103 Å². The van der Waals surface area contributed by atoms with Crippen LogP contribution in [0.4, 0.5) is 29.1 Å². The normalized spacial score (nSPS) is 15.6. The molecule has 29 rings (SSSR count). The lowest BCUT2D eigenvalue weighted by molar-refractivity contribution is 0.0826. The Bertz CT molecular complexity index is 8260. The summed E-state index contributed by atoms with van der Waals surface area (Å²) in [5, 5.41) is 57.2. The number of aromatic nitrogens is 28. The van der Waals surface area contributed by atoms with Crippen molar-refractivity contribution in [3.05, 3.63) is 324 Å². The molecular formula is C108H94N34O6. The van der Waals surface area contributed by atoms with Crippen molar-refractivity contribution in [1.82, 2.24) is 143 Å². The Hall–Kier alpha value is -18.8. The van der Waals surface area contributed by atoms with Gasteiger partial charge in [-0.2, -0.15) is 15.3 Å². The van der Waals surface area contributed by atoms with Crippen LogP contribution in [-0.2, 0) is 53.9 Å². The first-order chi connectivity index (χ1) is 72.3. The number of carbonyl (C=O) groups is 6. The minimum absolute atomic E-state index is 0.0325. The number of aromatic amines is 1. The van der Waals surface area contributed by atoms with Crippen LogP contribution in [0.1, 0.15) is 184 Å². The molecule has 40 nitrogen and oxygen atoms in total. The highest BCUT2D eigenvalue weighted by Gasteiger charge is 2.40. The van der Waals surface area contributed by atoms with E-state index in [0.29, 0.717) is 131 Å². The predicted molar refractivity (Wildman–Crippen MR) is 545 cm³/mol. The molecule has 5 fully saturated rings. The van der Waals surface area contributed by atoms with Crippen molar-refractivity contribution in [3.63, 3.8) is 0 Å². The van der Waals surface area contributed by atoms with E-state index in [1.807, 2.05) is 223 Å². The Morgan fingerprint density at radius 3 is 0.980 bits per heavy atom. The van der Waals surface area contributed by atoms with E-state index in [9.17, 15) is 28.8 Å². The maximum Gasteiger partial charge on any atom is 0.260 e. The van der Waals surface area contributed by atoms with E-state index in [1.165, 1.54) is 4.90 Å². The van der Waals surface area contributed by atoms with E-state index in [1.54, 1.807) is 112 Å². The SMILES string of the molecule is CN(C)C(=O)c1ccc2c(c1)CN(c1cccc(-c3nncn3C3CC3)n1)C2=O.Cn1ccc(-c2ccc3c(c2)CN(c2cccc(-c4nncn4C4CC4)n2)C3=O)n1.Cn1cnc(-c2ccc3c(c2)CN(c2cccc(-c4nncn4C4CC4)n2)C3=O)c1.Cn1nccc1-c1ccc2c(c1)CN(c1cccc(-c3nncn3C3CC3)n1)C2=O.O=C1c2ccc(-c3ccn[nH]3)cc2CN1c1cccc(-c2nncn2C2CC2)n1. The Morgan fingerprint density at radius 2 is 0.669 bits per heavy atom. The van der Waals surface area contributed by atoms with E-state index in [-0.39, 0.29) is 35.4 Å². The molecule has 1 N–H and O–H groups in total. The molecule has 5 saturated carbocycles. The van der Waals surface area contributed by atoms with E-state index in [4.69, 9.17) is 24.9 Å². The molecule has 0 bridgehead atoms. The average molecular weight is 1960 g/mol. The number of nitrogens with zero attached hydrogens (tertiary/aromatic N) is 33. The summed E-state index contributed by atoms with van der Waals surface area (Å²) in [7, 11) is 9.17. The fourth-order valence-corrected chi connectivity index (χ4v) is 19.5. The van der Waals surface area contributed by atoms with E-state index >= 15 is 0 Å². The van der Waals surface area contributed by atoms with Gasteiger partial charge in [0.25, 0.3) is 35.4 Å². The lowest BCUT2D eigenvalue weighted by Gasteiger charge is -2.15. The van der Waals surface area contributed by atoms with Gasteiger partial charge in [-0.05, 0) is 243 Å². The lowest BCUT2D eigenvalue weighted by Crippen LogP contribution is -2.24. The zero-order valence-electron chi connectivity index (χ0n) is 81.0. The number of rotatable bonds is 20. The van der Waals surface area contributed by atoms with Crippen molar-refractivity contribution >= 4 is 64.5 Å². The number of fused-ring (bicyclic) bond motifs is 5. The van der Waals surface area contributed by atoms with Crippen molar-refractivity contribution < 1.29 is 28.8 Å². The molecule has 0 spiro atoms. The third kappa shape index (κ3) is 17.5. The van der Waals surface area contributed by atoms with Gasteiger partial charge in [-0.15, -0.1) is 51.0 Å². The zero-order valence-corrected chi connectivity index (χ0v) is 81.0. The summed E-state index contributed by atoms with van der Waals surface area (Å²) in [5.41, 5.74) is 20.2. The van der Waals surface area contributed by atoms with Crippen molar-refractivity contribution in [2.75, 3.05) is 38.6 Å². The quantitative estimate of drug-likeness (QED) is 0.0740. The highest BCUT2D eigenvalue weighted by atomic mass is 16.2. The van der Waals surface area contributed by atoms with Gasteiger partial charge >= 0.3 is 0 Å². The molecule has 10 aliphatic rings. The van der Waals surface area contributed by atoms with Crippen molar-refractivity contribution in [2.24, 2.45) is 21.1 Å². The summed E-state index contributed by atoms with van der Waals surface area (Å²) in [6.07, 6.45) is 29.3. The molecule has 0 saturated heterocycles. The Morgan fingerprint density at radius 1 is 0.338 bits per heavy atom. The molecule has 732 valence electrons. The molecule has 14 aromatic heterocycles. The highest BCUT2D eigenvalue weighted by Crippen LogP contribution is 2.45. The topological polar surface area (TPSA) is 422 Å². The van der Waals surface area contributed by atoms with Crippen LogP contribution < -0.4 is 24.5 Å². The molecule has 5 aliphatic carbocycles. The Labute approximate surface area is 845 Å². The molecule has 5 aliphatic heterocycles. The third-order valence-electron chi connectivity index (χ3n) is 27.9. The van der Waals surface area contributed by atoms with Crippen LogP contribution in [-0.4, -0.2) is 192 Å². The lowest BCUT2D eigenvalue weighted by atomic mass is 10.0. The number of amides is 6. The minimum atomic E-state index is -0.114. The number of benzene rings is 5. The van der Waals surface area contributed by atoms with Crippen LogP contribution in [0, 0.1) is 0 Å². The number of nitrogens with one attached hydrogen (secondary N) is 1. The van der Waals surface area contributed by atoms with Crippen LogP contribution in [0.5, 0.6) is 0 Å². The molecule has 0 unspecified atom stereocenters. The number of carbonyl (C=O) groups excluding carboxylic acids is 6. The van der Waals surface area contributed by atoms with Crippen molar-refractivity contribution in [1.29, 1.82) is 0 Å². The first kappa shape index (κ1) is 90.5. The van der Waals surface area contributed by atoms with Crippen LogP contribution in [0.2, 0.25) is 0 Å². The molecule has 40 heteroatoms. The van der Waals surface area contributed by atoms with Gasteiger partial charge in [-0.3, -0.25) is 67.7 Å². The van der Waals surface area contributed by atoms with Gasteiger partial charge in [-0.25, -0.2) is 29.9 Å². The minimum Gasteiger partial charge on any atom is -0.345 e. The zero-order chi connectivity index (χ0) is 100. The van der Waals surface area contributed by atoms with Gasteiger partial charge in [0.15, 0.2) is 29.1 Å². The predicted octanol–water partition coefficient (Wildman–Crippen LogP) is 15.5. The summed E-state index contributed by atoms with van der Waals surface area (Å²) >= 11 is 0. The molecule has 19 heterocycles. The molecule has 6 amide bonds. The van der Waals surface area contributed by atoms with Crippen LogP contribution in [0.15, 0.2) is 263 Å². The smallest absolute Gasteiger partial charge is 0.260 e. The number of hydrogen-bond acceptors (Lipinski definition) is 25. The fourth-order valence-electron chi connectivity index (χ4n) is 19.5. The number of H-pyrrole nitrogens is 1. The second kappa shape index (κ2) is 37.2. The summed E-state index contributed by atoms with van der Waals surface area (Å²) < 4.78 is 15.9. The molecule has 0 atom stereocenters. The number of pyridine rings is 5. The number of aryl methyl sites for hydroxylation is 3. The first-order valence-corrected chi connectivity index (χ1v) is 49.1. The Kier molecular flexibility index (Phi) is 22.7. The Balaban J connectivity index is 0.0000000961. The van der Waals surface area contributed by atoms with Gasteiger partial charge in [0.1, 0.15) is 89.2 Å². The fraction of sp³-hybridized carbons (Fsp3) is 0.231. The summed E-state index contributed by atoms with van der Waals surface area (Å²) in [6, 6.07) is 65.3. The maximum absolute atomic E-state index is 13.1. The van der Waals surface area contributed by atoms with E-state index < -0.39 is 0 Å². The highest BCUT2D eigenvalue weighted by molar-refractivity contribution is 6.13. The molecule has 19 aromatic rings. The van der Waals surface area contributed by atoms with Crippen molar-refractivity contribution in [2.45, 2.75) is 127 Å². The monoisotopic (exact) mass is 1960 g/mol. The van der Waals surface area contributed by atoms with Gasteiger partial charge in [-0.1, -0.05) is 54.6 Å². The molecular weight excluding hydrogens is 1870 g/mol. The summed E-state index contributed by atoms with van der Waals surface area (Å²) in [4.78, 5) is 116. The van der Waals surface area contributed by atoms with Gasteiger partial charge in [0.2, 0.25) is 0 Å². The molecule has 148 heavy (non-hydrogen) atoms. The van der Waals surface area contributed by atoms with Gasteiger partial charge in [0.05, 0.1) is 61.8 Å². The number of anilines is 5.